The van der Waals surface area contributed by atoms with Crippen LogP contribution in [0.25, 0.3) is 22.5 Å². The number of rotatable bonds is 5. The highest BCUT2D eigenvalue weighted by atomic mass is 16.5. The van der Waals surface area contributed by atoms with Crippen LogP contribution in [0.1, 0.15) is 13.3 Å². The summed E-state index contributed by atoms with van der Waals surface area (Å²) in [4.78, 5) is 0. The van der Waals surface area contributed by atoms with Crippen molar-refractivity contribution in [2.24, 2.45) is 0 Å². The molecule has 2 aromatic carbocycles. The number of hydrogen-bond donors (Lipinski definition) is 2. The summed E-state index contributed by atoms with van der Waals surface area (Å²) in [6.07, 6.45) is 0.990. The number of anilines is 1. The number of para-hydroxylation sites is 1. The fraction of sp³-hybridized carbons (Fsp3) is 0.167. The van der Waals surface area contributed by atoms with Crippen molar-refractivity contribution in [2.45, 2.75) is 13.3 Å². The van der Waals surface area contributed by atoms with Crippen LogP contribution in [-0.2, 0) is 0 Å². The van der Waals surface area contributed by atoms with E-state index in [4.69, 9.17) is 10.5 Å². The molecule has 4 nitrogen and oxygen atoms in total. The minimum atomic E-state index is 0.718. The molecular weight excluding hydrogens is 274 g/mol. The molecule has 3 aromatic rings. The molecule has 1 aromatic heterocycles. The van der Waals surface area contributed by atoms with Crippen LogP contribution < -0.4 is 10.5 Å². The summed E-state index contributed by atoms with van der Waals surface area (Å²) in [6.45, 7) is 2.81. The van der Waals surface area contributed by atoms with Crippen LogP contribution in [-0.4, -0.2) is 16.8 Å². The maximum absolute atomic E-state index is 6.01. The first-order chi connectivity index (χ1) is 10.8. The number of nitrogens with two attached hydrogens (primary N) is 1. The molecule has 0 saturated carbocycles. The summed E-state index contributed by atoms with van der Waals surface area (Å²) in [7, 11) is 0. The molecule has 0 saturated heterocycles. The predicted octanol–water partition coefficient (Wildman–Crippen LogP) is 4.11. The second-order valence-corrected chi connectivity index (χ2v) is 5.13. The third kappa shape index (κ3) is 2.96. The number of hydrogen-bond acceptors (Lipinski definition) is 3. The van der Waals surface area contributed by atoms with E-state index in [0.717, 1.165) is 47.0 Å². The lowest BCUT2D eigenvalue weighted by molar-refractivity contribution is 0.317. The van der Waals surface area contributed by atoms with Crippen LogP contribution in [0.5, 0.6) is 5.75 Å². The molecule has 0 aliphatic carbocycles. The summed E-state index contributed by atoms with van der Waals surface area (Å²) in [5.74, 6) is 0.864. The third-order valence-corrected chi connectivity index (χ3v) is 3.43. The molecule has 0 unspecified atom stereocenters. The summed E-state index contributed by atoms with van der Waals surface area (Å²) >= 11 is 0. The summed E-state index contributed by atoms with van der Waals surface area (Å²) in [5, 5.41) is 7.44. The fourth-order valence-corrected chi connectivity index (χ4v) is 2.31. The van der Waals surface area contributed by atoms with Crippen molar-refractivity contribution in [3.8, 4) is 28.3 Å². The fourth-order valence-electron chi connectivity index (χ4n) is 2.31. The van der Waals surface area contributed by atoms with Gasteiger partial charge in [-0.25, -0.2) is 0 Å². The van der Waals surface area contributed by atoms with Gasteiger partial charge < -0.3 is 10.5 Å². The highest BCUT2D eigenvalue weighted by Gasteiger charge is 2.08. The standard InChI is InChI=1S/C18H19N3O/c1-2-10-22-14-7-5-6-13(11-14)17-12-18(21-20-17)15-8-3-4-9-16(15)19/h3-9,11-12H,2,10,19H2,1H3,(H,20,21). The van der Waals surface area contributed by atoms with Crippen molar-refractivity contribution in [2.75, 3.05) is 12.3 Å². The zero-order valence-corrected chi connectivity index (χ0v) is 12.5. The highest BCUT2D eigenvalue weighted by Crippen LogP contribution is 2.28. The van der Waals surface area contributed by atoms with E-state index < -0.39 is 0 Å². The predicted molar refractivity (Wildman–Crippen MR) is 89.7 cm³/mol. The van der Waals surface area contributed by atoms with E-state index in [-0.39, 0.29) is 0 Å². The molecule has 4 heteroatoms. The number of aromatic nitrogens is 2. The van der Waals surface area contributed by atoms with E-state index in [1.54, 1.807) is 0 Å². The number of benzene rings is 2. The minimum absolute atomic E-state index is 0.718. The van der Waals surface area contributed by atoms with Crippen molar-refractivity contribution < 1.29 is 4.74 Å². The van der Waals surface area contributed by atoms with E-state index in [2.05, 4.69) is 17.1 Å². The number of nitrogens with zero attached hydrogens (tertiary/aromatic N) is 1. The van der Waals surface area contributed by atoms with E-state index >= 15 is 0 Å². The Labute approximate surface area is 129 Å². The van der Waals surface area contributed by atoms with Gasteiger partial charge in [-0.2, -0.15) is 5.10 Å². The van der Waals surface area contributed by atoms with Gasteiger partial charge in [0.05, 0.1) is 18.0 Å². The Morgan fingerprint density at radius 2 is 1.95 bits per heavy atom. The van der Waals surface area contributed by atoms with Crippen molar-refractivity contribution in [3.05, 3.63) is 54.6 Å². The number of H-pyrrole nitrogens is 1. The first-order valence-corrected chi connectivity index (χ1v) is 7.41. The van der Waals surface area contributed by atoms with Gasteiger partial charge >= 0.3 is 0 Å². The van der Waals surface area contributed by atoms with Crippen LogP contribution >= 0.6 is 0 Å². The van der Waals surface area contributed by atoms with Gasteiger partial charge in [0.2, 0.25) is 0 Å². The molecular formula is C18H19N3O. The largest absolute Gasteiger partial charge is 0.494 e. The maximum atomic E-state index is 6.01. The van der Waals surface area contributed by atoms with Gasteiger partial charge in [0.15, 0.2) is 0 Å². The van der Waals surface area contributed by atoms with E-state index in [1.807, 2.05) is 54.6 Å². The van der Waals surface area contributed by atoms with E-state index in [0.29, 0.717) is 0 Å². The van der Waals surface area contributed by atoms with Crippen molar-refractivity contribution in [3.63, 3.8) is 0 Å². The van der Waals surface area contributed by atoms with Crippen LogP contribution in [0.15, 0.2) is 54.6 Å². The summed E-state index contributed by atoms with van der Waals surface area (Å²) < 4.78 is 5.67. The third-order valence-electron chi connectivity index (χ3n) is 3.43. The van der Waals surface area contributed by atoms with Gasteiger partial charge in [-0.3, -0.25) is 5.10 Å². The second-order valence-electron chi connectivity index (χ2n) is 5.13. The van der Waals surface area contributed by atoms with Gasteiger partial charge in [-0.1, -0.05) is 37.3 Å². The maximum Gasteiger partial charge on any atom is 0.119 e. The van der Waals surface area contributed by atoms with Crippen molar-refractivity contribution in [1.82, 2.24) is 10.2 Å². The molecule has 0 aliphatic heterocycles. The second kappa shape index (κ2) is 6.35. The lowest BCUT2D eigenvalue weighted by Crippen LogP contribution is -1.94. The lowest BCUT2D eigenvalue weighted by atomic mass is 10.1. The van der Waals surface area contributed by atoms with Crippen molar-refractivity contribution >= 4 is 5.69 Å². The van der Waals surface area contributed by atoms with Crippen LogP contribution in [0.2, 0.25) is 0 Å². The van der Waals surface area contributed by atoms with Crippen LogP contribution in [0.4, 0.5) is 5.69 Å². The zero-order chi connectivity index (χ0) is 15.4. The Morgan fingerprint density at radius 3 is 2.77 bits per heavy atom. The Kier molecular flexibility index (Phi) is 4.10. The minimum Gasteiger partial charge on any atom is -0.494 e. The number of nitrogens with one attached hydrogen (secondary N) is 1. The van der Waals surface area contributed by atoms with Gasteiger partial charge in [-0.05, 0) is 30.7 Å². The van der Waals surface area contributed by atoms with Gasteiger partial charge in [0.25, 0.3) is 0 Å². The molecule has 0 bridgehead atoms. The molecule has 0 atom stereocenters. The molecule has 0 spiro atoms. The SMILES string of the molecule is CCCOc1cccc(-c2cc(-c3ccccc3N)[nH]n2)c1. The quantitative estimate of drug-likeness (QED) is 0.696. The normalized spacial score (nSPS) is 10.6. The van der Waals surface area contributed by atoms with Gasteiger partial charge in [0.1, 0.15) is 5.75 Å². The van der Waals surface area contributed by atoms with Gasteiger partial charge in [-0.15, -0.1) is 0 Å². The van der Waals surface area contributed by atoms with Crippen molar-refractivity contribution in [1.29, 1.82) is 0 Å². The Morgan fingerprint density at radius 1 is 1.09 bits per heavy atom. The molecule has 0 amide bonds. The average Bonchev–Trinajstić information content (AvgIpc) is 3.03. The summed E-state index contributed by atoms with van der Waals surface area (Å²) in [5.41, 5.74) is 10.5. The lowest BCUT2D eigenvalue weighted by Gasteiger charge is -2.05. The summed E-state index contributed by atoms with van der Waals surface area (Å²) in [6, 6.07) is 17.7. The molecule has 1 heterocycles. The smallest absolute Gasteiger partial charge is 0.119 e. The number of nitrogen functional groups attached to an aromatic ring is 1. The first-order valence-electron chi connectivity index (χ1n) is 7.41. The van der Waals surface area contributed by atoms with E-state index in [9.17, 15) is 0 Å². The molecule has 0 fully saturated rings. The van der Waals surface area contributed by atoms with Gasteiger partial charge in [0, 0.05) is 16.8 Å². The Bertz CT molecular complexity index is 764. The first kappa shape index (κ1) is 14.2. The zero-order valence-electron chi connectivity index (χ0n) is 12.5. The molecule has 3 N–H and O–H groups in total. The Hall–Kier alpha value is -2.75. The molecule has 3 rings (SSSR count). The van der Waals surface area contributed by atoms with E-state index in [1.165, 1.54) is 0 Å². The number of ether oxygens (including phenoxy) is 1. The molecule has 112 valence electrons. The number of aromatic amines is 1. The monoisotopic (exact) mass is 293 g/mol. The van der Waals surface area contributed by atoms with Crippen LogP contribution in [0.3, 0.4) is 0 Å². The average molecular weight is 293 g/mol. The van der Waals surface area contributed by atoms with Crippen LogP contribution in [0, 0.1) is 0 Å². The molecule has 0 radical (unpaired) electrons. The molecule has 0 aliphatic rings. The molecule has 22 heavy (non-hydrogen) atoms. The highest BCUT2D eigenvalue weighted by molar-refractivity contribution is 5.76. The topological polar surface area (TPSA) is 63.9 Å². The Balaban J connectivity index is 1.89.